The van der Waals surface area contributed by atoms with Crippen LogP contribution in [0.3, 0.4) is 0 Å². The van der Waals surface area contributed by atoms with E-state index >= 15 is 0 Å². The van der Waals surface area contributed by atoms with Gasteiger partial charge in [0.1, 0.15) is 6.10 Å². The molecule has 1 atom stereocenters. The summed E-state index contributed by atoms with van der Waals surface area (Å²) in [5.74, 6) is 0. The lowest BCUT2D eigenvalue weighted by Crippen LogP contribution is -2.13. The van der Waals surface area contributed by atoms with E-state index in [0.717, 1.165) is 16.8 Å². The predicted octanol–water partition coefficient (Wildman–Crippen LogP) is 3.81. The van der Waals surface area contributed by atoms with Crippen molar-refractivity contribution in [2.45, 2.75) is 6.10 Å². The number of hydrogen-bond acceptors (Lipinski definition) is 3. The second-order valence-corrected chi connectivity index (χ2v) is 4.27. The molecule has 19 heavy (non-hydrogen) atoms. The molecule has 0 saturated heterocycles. The van der Waals surface area contributed by atoms with Gasteiger partial charge in [0, 0.05) is 0 Å². The molecule has 0 spiro atoms. The molecule has 0 fully saturated rings. The third-order valence-electron chi connectivity index (χ3n) is 2.98. The van der Waals surface area contributed by atoms with Crippen molar-refractivity contribution in [3.8, 4) is 0 Å². The van der Waals surface area contributed by atoms with Gasteiger partial charge < -0.3 is 0 Å². The van der Waals surface area contributed by atoms with E-state index in [9.17, 15) is 0 Å². The molecule has 2 aromatic rings. The smallest absolute Gasteiger partial charge is 0.150 e. The Hall–Kier alpha value is -2.39. The SMILES string of the molecule is C=Cc1cccc(N2N=CC(c3ccccc3)O2)c1. The summed E-state index contributed by atoms with van der Waals surface area (Å²) in [5.41, 5.74) is 3.03. The molecule has 3 nitrogen and oxygen atoms in total. The molecule has 94 valence electrons. The lowest BCUT2D eigenvalue weighted by molar-refractivity contribution is 0.0985. The molecule has 0 bridgehead atoms. The molecule has 0 saturated carbocycles. The van der Waals surface area contributed by atoms with Crippen molar-refractivity contribution in [1.29, 1.82) is 0 Å². The number of benzene rings is 2. The molecule has 1 heterocycles. The van der Waals surface area contributed by atoms with E-state index in [0.29, 0.717) is 0 Å². The van der Waals surface area contributed by atoms with E-state index in [1.807, 2.05) is 54.6 Å². The maximum Gasteiger partial charge on any atom is 0.150 e. The minimum Gasteiger partial charge on any atom is -0.238 e. The summed E-state index contributed by atoms with van der Waals surface area (Å²) in [6, 6.07) is 17.9. The number of rotatable bonds is 3. The summed E-state index contributed by atoms with van der Waals surface area (Å²) in [6.07, 6.45) is 3.47. The predicted molar refractivity (Wildman–Crippen MR) is 77.8 cm³/mol. The Morgan fingerprint density at radius 2 is 1.95 bits per heavy atom. The van der Waals surface area contributed by atoms with Gasteiger partial charge in [0.05, 0.1) is 11.9 Å². The summed E-state index contributed by atoms with van der Waals surface area (Å²) < 4.78 is 0. The van der Waals surface area contributed by atoms with Gasteiger partial charge in [0.15, 0.2) is 0 Å². The van der Waals surface area contributed by atoms with Crippen LogP contribution in [0, 0.1) is 0 Å². The maximum atomic E-state index is 5.81. The number of nitrogens with zero attached hydrogens (tertiary/aromatic N) is 2. The zero-order valence-electron chi connectivity index (χ0n) is 10.4. The highest BCUT2D eigenvalue weighted by Crippen LogP contribution is 2.27. The molecule has 2 aromatic carbocycles. The van der Waals surface area contributed by atoms with Crippen molar-refractivity contribution in [2.75, 3.05) is 5.17 Å². The molecule has 1 unspecified atom stereocenters. The first-order chi connectivity index (χ1) is 9.36. The largest absolute Gasteiger partial charge is 0.238 e. The first-order valence-corrected chi connectivity index (χ1v) is 6.15. The highest BCUT2D eigenvalue weighted by Gasteiger charge is 2.21. The van der Waals surface area contributed by atoms with Crippen LogP contribution in [0.5, 0.6) is 0 Å². The van der Waals surface area contributed by atoms with Crippen molar-refractivity contribution in [1.82, 2.24) is 0 Å². The Morgan fingerprint density at radius 1 is 1.11 bits per heavy atom. The fourth-order valence-corrected chi connectivity index (χ4v) is 1.97. The standard InChI is InChI=1S/C16H14N2O/c1-2-13-7-6-10-15(11-13)18-17-12-16(19-18)14-8-4-3-5-9-14/h2-12,16H,1H2. The monoisotopic (exact) mass is 250 g/mol. The van der Waals surface area contributed by atoms with Gasteiger partial charge in [0.25, 0.3) is 0 Å². The topological polar surface area (TPSA) is 24.8 Å². The van der Waals surface area contributed by atoms with Crippen molar-refractivity contribution in [3.05, 3.63) is 72.3 Å². The van der Waals surface area contributed by atoms with Gasteiger partial charge in [-0.15, -0.1) is 5.17 Å². The first-order valence-electron chi connectivity index (χ1n) is 6.15. The Labute approximate surface area is 112 Å². The van der Waals surface area contributed by atoms with Crippen molar-refractivity contribution < 1.29 is 4.84 Å². The zero-order valence-corrected chi connectivity index (χ0v) is 10.4. The van der Waals surface area contributed by atoms with E-state index in [4.69, 9.17) is 4.84 Å². The van der Waals surface area contributed by atoms with E-state index in [2.05, 4.69) is 11.7 Å². The van der Waals surface area contributed by atoms with Crippen LogP contribution in [-0.2, 0) is 4.84 Å². The van der Waals surface area contributed by atoms with Crippen molar-refractivity contribution in [2.24, 2.45) is 5.10 Å². The maximum absolute atomic E-state index is 5.81. The van der Waals surface area contributed by atoms with E-state index < -0.39 is 0 Å². The van der Waals surface area contributed by atoms with E-state index in [1.54, 1.807) is 17.5 Å². The molecule has 1 aliphatic rings. The second-order valence-electron chi connectivity index (χ2n) is 4.27. The van der Waals surface area contributed by atoms with Gasteiger partial charge in [-0.1, -0.05) is 55.1 Å². The molecule has 0 radical (unpaired) electrons. The van der Waals surface area contributed by atoms with E-state index in [-0.39, 0.29) is 6.10 Å². The van der Waals surface area contributed by atoms with Crippen LogP contribution >= 0.6 is 0 Å². The summed E-state index contributed by atoms with van der Waals surface area (Å²) in [7, 11) is 0. The van der Waals surface area contributed by atoms with Crippen LogP contribution in [0.1, 0.15) is 17.2 Å². The average molecular weight is 250 g/mol. The van der Waals surface area contributed by atoms with Crippen LogP contribution in [0.4, 0.5) is 5.69 Å². The molecule has 3 rings (SSSR count). The molecule has 0 N–H and O–H groups in total. The molecular weight excluding hydrogens is 236 g/mol. The van der Waals surface area contributed by atoms with Crippen molar-refractivity contribution >= 4 is 18.0 Å². The fourth-order valence-electron chi connectivity index (χ4n) is 1.97. The van der Waals surface area contributed by atoms with Crippen LogP contribution in [0.15, 0.2) is 66.3 Å². The molecule has 0 aromatic heterocycles. The quantitative estimate of drug-likeness (QED) is 0.827. The van der Waals surface area contributed by atoms with Crippen LogP contribution in [0.25, 0.3) is 6.08 Å². The molecule has 1 aliphatic heterocycles. The van der Waals surface area contributed by atoms with Crippen LogP contribution in [0.2, 0.25) is 0 Å². The van der Waals surface area contributed by atoms with Crippen LogP contribution < -0.4 is 5.17 Å². The molecule has 3 heteroatoms. The third kappa shape index (κ3) is 2.41. The zero-order chi connectivity index (χ0) is 13.1. The lowest BCUT2D eigenvalue weighted by Gasteiger charge is -2.16. The Kier molecular flexibility index (Phi) is 3.12. The summed E-state index contributed by atoms with van der Waals surface area (Å²) in [5, 5.41) is 5.84. The second kappa shape index (κ2) is 5.08. The van der Waals surface area contributed by atoms with Gasteiger partial charge in [-0.3, -0.25) is 0 Å². The number of hydrogen-bond donors (Lipinski definition) is 0. The average Bonchev–Trinajstić information content (AvgIpc) is 2.98. The normalized spacial score (nSPS) is 17.7. The van der Waals surface area contributed by atoms with Gasteiger partial charge in [-0.25, -0.2) is 4.84 Å². The van der Waals surface area contributed by atoms with Crippen LogP contribution in [-0.4, -0.2) is 6.21 Å². The lowest BCUT2D eigenvalue weighted by atomic mass is 10.1. The van der Waals surface area contributed by atoms with Gasteiger partial charge in [0.2, 0.25) is 0 Å². The van der Waals surface area contributed by atoms with E-state index in [1.165, 1.54) is 0 Å². The molecular formula is C16H14N2O. The highest BCUT2D eigenvalue weighted by molar-refractivity contribution is 5.70. The van der Waals surface area contributed by atoms with Gasteiger partial charge >= 0.3 is 0 Å². The van der Waals surface area contributed by atoms with Gasteiger partial charge in [-0.2, -0.15) is 5.10 Å². The molecule has 0 aliphatic carbocycles. The minimum atomic E-state index is -0.131. The highest BCUT2D eigenvalue weighted by atomic mass is 16.7. The fraction of sp³-hybridized carbons (Fsp3) is 0.0625. The Morgan fingerprint density at radius 3 is 2.74 bits per heavy atom. The summed E-state index contributed by atoms with van der Waals surface area (Å²) in [6.45, 7) is 3.76. The molecule has 0 amide bonds. The minimum absolute atomic E-state index is 0.131. The number of anilines is 1. The first kappa shape index (κ1) is 11.7. The Balaban J connectivity index is 1.79. The number of hydrazone groups is 1. The summed E-state index contributed by atoms with van der Waals surface area (Å²) in [4.78, 5) is 5.81. The Bertz CT molecular complexity index is 607. The van der Waals surface area contributed by atoms with Gasteiger partial charge in [-0.05, 0) is 23.3 Å². The third-order valence-corrected chi connectivity index (χ3v) is 2.98. The van der Waals surface area contributed by atoms with Crippen molar-refractivity contribution in [3.63, 3.8) is 0 Å². The summed E-state index contributed by atoms with van der Waals surface area (Å²) >= 11 is 0.